The van der Waals surface area contributed by atoms with E-state index in [9.17, 15) is 19.1 Å². The summed E-state index contributed by atoms with van der Waals surface area (Å²) >= 11 is 0. The monoisotopic (exact) mass is 314 g/mol. The minimum absolute atomic E-state index is 0.112. The molecule has 2 amide bonds. The summed E-state index contributed by atoms with van der Waals surface area (Å²) in [5.41, 5.74) is 1.14. The fraction of sp³-hybridized carbons (Fsp3) is 0.176. The summed E-state index contributed by atoms with van der Waals surface area (Å²) in [6.45, 7) is 0.258. The van der Waals surface area contributed by atoms with Gasteiger partial charge < -0.3 is 15.3 Å². The van der Waals surface area contributed by atoms with Crippen LogP contribution in [0.1, 0.15) is 6.42 Å². The van der Waals surface area contributed by atoms with E-state index < -0.39 is 5.92 Å². The van der Waals surface area contributed by atoms with Crippen LogP contribution in [0.2, 0.25) is 0 Å². The Balaban J connectivity index is 1.68. The molecule has 0 bridgehead atoms. The predicted molar refractivity (Wildman–Crippen MR) is 83.6 cm³/mol. The Morgan fingerprint density at radius 2 is 1.78 bits per heavy atom. The van der Waals surface area contributed by atoms with Crippen LogP contribution in [0.25, 0.3) is 0 Å². The molecule has 1 aliphatic heterocycles. The van der Waals surface area contributed by atoms with Gasteiger partial charge in [-0.25, -0.2) is 4.39 Å². The second-order valence-electron chi connectivity index (χ2n) is 5.42. The standard InChI is InChI=1S/C17H15FN2O3/c18-12-1-5-14(6-2-12)20-10-11(9-16(20)22)17(23)19-13-3-7-15(21)8-4-13/h1-8,11,21H,9-10H2,(H,19,23)/t11-/m0/s1. The Morgan fingerprint density at radius 3 is 2.43 bits per heavy atom. The van der Waals surface area contributed by atoms with Crippen molar-refractivity contribution in [1.82, 2.24) is 0 Å². The fourth-order valence-corrected chi connectivity index (χ4v) is 2.54. The van der Waals surface area contributed by atoms with E-state index in [-0.39, 0.29) is 36.3 Å². The first kappa shape index (κ1) is 15.0. The van der Waals surface area contributed by atoms with Crippen LogP contribution >= 0.6 is 0 Å². The number of carbonyl (C=O) groups excluding carboxylic acids is 2. The number of phenolic OH excluding ortho intramolecular Hbond substituents is 1. The number of rotatable bonds is 3. The summed E-state index contributed by atoms with van der Waals surface area (Å²) in [5.74, 6) is -1.15. The van der Waals surface area contributed by atoms with Crippen molar-refractivity contribution in [2.75, 3.05) is 16.8 Å². The van der Waals surface area contributed by atoms with Crippen molar-refractivity contribution in [3.05, 3.63) is 54.3 Å². The van der Waals surface area contributed by atoms with Crippen LogP contribution in [0.3, 0.4) is 0 Å². The average Bonchev–Trinajstić information content (AvgIpc) is 2.92. The Labute approximate surface area is 132 Å². The Kier molecular flexibility index (Phi) is 3.97. The van der Waals surface area contributed by atoms with Crippen LogP contribution in [-0.4, -0.2) is 23.5 Å². The van der Waals surface area contributed by atoms with Gasteiger partial charge in [0, 0.05) is 24.3 Å². The van der Waals surface area contributed by atoms with Gasteiger partial charge in [0.25, 0.3) is 0 Å². The van der Waals surface area contributed by atoms with Crippen LogP contribution in [0, 0.1) is 11.7 Å². The third kappa shape index (κ3) is 3.31. The fourth-order valence-electron chi connectivity index (χ4n) is 2.54. The highest BCUT2D eigenvalue weighted by atomic mass is 19.1. The van der Waals surface area contributed by atoms with Gasteiger partial charge in [-0.1, -0.05) is 0 Å². The normalized spacial score (nSPS) is 17.3. The lowest BCUT2D eigenvalue weighted by Gasteiger charge is -2.16. The van der Waals surface area contributed by atoms with Gasteiger partial charge in [0.2, 0.25) is 11.8 Å². The minimum Gasteiger partial charge on any atom is -0.508 e. The smallest absolute Gasteiger partial charge is 0.229 e. The van der Waals surface area contributed by atoms with Crippen molar-refractivity contribution < 1.29 is 19.1 Å². The van der Waals surface area contributed by atoms with Crippen LogP contribution in [-0.2, 0) is 9.59 Å². The quantitative estimate of drug-likeness (QED) is 0.855. The summed E-state index contributed by atoms with van der Waals surface area (Å²) in [4.78, 5) is 25.8. The molecule has 0 radical (unpaired) electrons. The molecule has 0 aliphatic carbocycles. The maximum atomic E-state index is 13.0. The summed E-state index contributed by atoms with van der Waals surface area (Å²) in [7, 11) is 0. The first-order valence-electron chi connectivity index (χ1n) is 7.19. The second-order valence-corrected chi connectivity index (χ2v) is 5.42. The molecule has 1 aliphatic rings. The molecule has 1 heterocycles. The molecule has 0 spiro atoms. The van der Waals surface area contributed by atoms with Gasteiger partial charge in [-0.3, -0.25) is 9.59 Å². The average molecular weight is 314 g/mol. The molecule has 5 nitrogen and oxygen atoms in total. The van der Waals surface area contributed by atoms with Crippen LogP contribution in [0.15, 0.2) is 48.5 Å². The molecule has 23 heavy (non-hydrogen) atoms. The molecule has 3 rings (SSSR count). The van der Waals surface area contributed by atoms with Gasteiger partial charge in [0.15, 0.2) is 0 Å². The molecule has 2 aromatic rings. The van der Waals surface area contributed by atoms with E-state index >= 15 is 0 Å². The summed E-state index contributed by atoms with van der Waals surface area (Å²) in [6, 6.07) is 11.7. The molecular weight excluding hydrogens is 299 g/mol. The SMILES string of the molecule is O=C(Nc1ccc(O)cc1)[C@H]1CC(=O)N(c2ccc(F)cc2)C1. The zero-order valence-electron chi connectivity index (χ0n) is 12.2. The first-order chi connectivity index (χ1) is 11.0. The predicted octanol–water partition coefficient (Wildman–Crippen LogP) is 2.52. The van der Waals surface area contributed by atoms with E-state index in [1.807, 2.05) is 0 Å². The molecular formula is C17H15FN2O3. The van der Waals surface area contributed by atoms with Gasteiger partial charge in [-0.15, -0.1) is 0 Å². The largest absolute Gasteiger partial charge is 0.508 e. The molecule has 2 aromatic carbocycles. The highest BCUT2D eigenvalue weighted by Gasteiger charge is 2.35. The molecule has 0 aromatic heterocycles. The Bertz CT molecular complexity index is 729. The Morgan fingerprint density at radius 1 is 1.13 bits per heavy atom. The number of carbonyl (C=O) groups is 2. The van der Waals surface area contributed by atoms with E-state index in [1.165, 1.54) is 41.3 Å². The van der Waals surface area contributed by atoms with E-state index in [0.29, 0.717) is 11.4 Å². The van der Waals surface area contributed by atoms with Crippen LogP contribution in [0.4, 0.5) is 15.8 Å². The number of hydrogen-bond acceptors (Lipinski definition) is 3. The first-order valence-corrected chi connectivity index (χ1v) is 7.19. The van der Waals surface area contributed by atoms with Crippen molar-refractivity contribution in [3.8, 4) is 5.75 Å². The number of hydrogen-bond donors (Lipinski definition) is 2. The van der Waals surface area contributed by atoms with Gasteiger partial charge >= 0.3 is 0 Å². The number of amides is 2. The number of benzene rings is 2. The van der Waals surface area contributed by atoms with Gasteiger partial charge in [-0.05, 0) is 48.5 Å². The summed E-state index contributed by atoms with van der Waals surface area (Å²) in [5, 5.41) is 12.0. The zero-order chi connectivity index (χ0) is 16.4. The number of phenols is 1. The minimum atomic E-state index is -0.471. The number of nitrogens with zero attached hydrogens (tertiary/aromatic N) is 1. The molecule has 1 fully saturated rings. The van der Waals surface area contributed by atoms with Gasteiger partial charge in [-0.2, -0.15) is 0 Å². The van der Waals surface area contributed by atoms with E-state index in [4.69, 9.17) is 0 Å². The second kappa shape index (κ2) is 6.08. The molecule has 0 unspecified atom stereocenters. The van der Waals surface area contributed by atoms with Crippen molar-refractivity contribution in [1.29, 1.82) is 0 Å². The van der Waals surface area contributed by atoms with Crippen LogP contribution < -0.4 is 10.2 Å². The molecule has 2 N–H and O–H groups in total. The summed E-state index contributed by atoms with van der Waals surface area (Å²) in [6.07, 6.45) is 0.112. The molecule has 6 heteroatoms. The third-order valence-corrected chi connectivity index (χ3v) is 3.77. The lowest BCUT2D eigenvalue weighted by Crippen LogP contribution is -2.28. The molecule has 1 atom stereocenters. The van der Waals surface area contributed by atoms with Crippen molar-refractivity contribution in [2.24, 2.45) is 5.92 Å². The molecule has 1 saturated heterocycles. The molecule has 118 valence electrons. The molecule has 0 saturated carbocycles. The zero-order valence-corrected chi connectivity index (χ0v) is 12.2. The lowest BCUT2D eigenvalue weighted by molar-refractivity contribution is -0.122. The van der Waals surface area contributed by atoms with Gasteiger partial charge in [0.05, 0.1) is 5.92 Å². The maximum Gasteiger partial charge on any atom is 0.229 e. The summed E-state index contributed by atoms with van der Waals surface area (Å²) < 4.78 is 13.0. The van der Waals surface area contributed by atoms with Gasteiger partial charge in [0.1, 0.15) is 11.6 Å². The maximum absolute atomic E-state index is 13.0. The van der Waals surface area contributed by atoms with Crippen molar-refractivity contribution in [2.45, 2.75) is 6.42 Å². The third-order valence-electron chi connectivity index (χ3n) is 3.77. The Hall–Kier alpha value is -2.89. The van der Waals surface area contributed by atoms with E-state index in [2.05, 4.69) is 5.32 Å². The van der Waals surface area contributed by atoms with E-state index in [1.54, 1.807) is 12.1 Å². The number of anilines is 2. The number of halogens is 1. The topological polar surface area (TPSA) is 69.6 Å². The van der Waals surface area contributed by atoms with Crippen LogP contribution in [0.5, 0.6) is 5.75 Å². The number of nitrogens with one attached hydrogen (secondary N) is 1. The number of aromatic hydroxyl groups is 1. The van der Waals surface area contributed by atoms with Crippen molar-refractivity contribution in [3.63, 3.8) is 0 Å². The van der Waals surface area contributed by atoms with Crippen molar-refractivity contribution >= 4 is 23.2 Å². The van der Waals surface area contributed by atoms with E-state index in [0.717, 1.165) is 0 Å². The highest BCUT2D eigenvalue weighted by molar-refractivity contribution is 6.03. The highest BCUT2D eigenvalue weighted by Crippen LogP contribution is 2.26. The lowest BCUT2D eigenvalue weighted by atomic mass is 10.1.